The number of nitrogens with zero attached hydrogens (tertiary/aromatic N) is 2. The van der Waals surface area contributed by atoms with Crippen LogP contribution in [-0.4, -0.2) is 28.2 Å². The number of fused-ring (bicyclic) bond motifs is 1. The molecule has 1 N–H and O–H groups in total. The molecule has 0 bridgehead atoms. The SMILES string of the molecule is CCCCCn1c(=O)n(CC(=O)NC2CCCCC2)c(=O)c2cccc(OC)c21. The van der Waals surface area contributed by atoms with E-state index in [1.54, 1.807) is 22.8 Å². The van der Waals surface area contributed by atoms with Crippen molar-refractivity contribution in [2.24, 2.45) is 0 Å². The zero-order valence-corrected chi connectivity index (χ0v) is 17.4. The molecule has 1 aliphatic carbocycles. The number of amides is 1. The number of para-hydroxylation sites is 1. The summed E-state index contributed by atoms with van der Waals surface area (Å²) in [7, 11) is 1.53. The van der Waals surface area contributed by atoms with E-state index in [-0.39, 0.29) is 18.5 Å². The minimum atomic E-state index is -0.457. The Kier molecular flexibility index (Phi) is 7.12. The molecular formula is C22H31N3O4. The smallest absolute Gasteiger partial charge is 0.332 e. The summed E-state index contributed by atoms with van der Waals surface area (Å²) in [4.78, 5) is 38.8. The lowest BCUT2D eigenvalue weighted by molar-refractivity contribution is -0.122. The Bertz CT molecular complexity index is 970. The number of aryl methyl sites for hydroxylation is 1. The van der Waals surface area contributed by atoms with Crippen molar-refractivity contribution in [2.75, 3.05) is 7.11 Å². The van der Waals surface area contributed by atoms with Crippen molar-refractivity contribution in [3.8, 4) is 5.75 Å². The number of aromatic nitrogens is 2. The molecule has 158 valence electrons. The molecule has 7 nitrogen and oxygen atoms in total. The Morgan fingerprint density at radius 2 is 1.90 bits per heavy atom. The summed E-state index contributed by atoms with van der Waals surface area (Å²) in [6.45, 7) is 2.32. The average Bonchev–Trinajstić information content (AvgIpc) is 2.74. The van der Waals surface area contributed by atoms with Gasteiger partial charge in [-0.3, -0.25) is 18.7 Å². The fourth-order valence-corrected chi connectivity index (χ4v) is 4.14. The van der Waals surface area contributed by atoms with Crippen LogP contribution in [0, 0.1) is 0 Å². The number of carbonyl (C=O) groups excluding carboxylic acids is 1. The molecule has 1 heterocycles. The Balaban J connectivity index is 1.99. The van der Waals surface area contributed by atoms with Crippen LogP contribution in [0.5, 0.6) is 5.75 Å². The summed E-state index contributed by atoms with van der Waals surface area (Å²) in [5.74, 6) is 0.213. The molecule has 29 heavy (non-hydrogen) atoms. The summed E-state index contributed by atoms with van der Waals surface area (Å²) in [6, 6.07) is 5.30. The molecule has 1 aliphatic rings. The van der Waals surface area contributed by atoms with Crippen molar-refractivity contribution < 1.29 is 9.53 Å². The summed E-state index contributed by atoms with van der Waals surface area (Å²) < 4.78 is 8.06. The lowest BCUT2D eigenvalue weighted by Gasteiger charge is -2.23. The van der Waals surface area contributed by atoms with E-state index in [1.807, 2.05) is 0 Å². The first-order chi connectivity index (χ1) is 14.1. The lowest BCUT2D eigenvalue weighted by Crippen LogP contribution is -2.46. The van der Waals surface area contributed by atoms with Gasteiger partial charge in [-0.2, -0.15) is 0 Å². The van der Waals surface area contributed by atoms with E-state index < -0.39 is 11.2 Å². The molecule has 3 rings (SSSR count). The van der Waals surface area contributed by atoms with Gasteiger partial charge >= 0.3 is 5.69 Å². The predicted molar refractivity (Wildman–Crippen MR) is 114 cm³/mol. The zero-order chi connectivity index (χ0) is 20.8. The van der Waals surface area contributed by atoms with E-state index in [9.17, 15) is 14.4 Å². The van der Waals surface area contributed by atoms with Gasteiger partial charge in [0.15, 0.2) is 0 Å². The minimum absolute atomic E-state index is 0.138. The largest absolute Gasteiger partial charge is 0.495 e. The van der Waals surface area contributed by atoms with Crippen LogP contribution in [0.4, 0.5) is 0 Å². The molecule has 0 radical (unpaired) electrons. The fraction of sp³-hybridized carbons (Fsp3) is 0.591. The highest BCUT2D eigenvalue weighted by Gasteiger charge is 2.20. The highest BCUT2D eigenvalue weighted by Crippen LogP contribution is 2.22. The second kappa shape index (κ2) is 9.76. The van der Waals surface area contributed by atoms with Crippen LogP contribution >= 0.6 is 0 Å². The van der Waals surface area contributed by atoms with Crippen molar-refractivity contribution in [3.63, 3.8) is 0 Å². The van der Waals surface area contributed by atoms with E-state index in [1.165, 1.54) is 13.5 Å². The molecule has 1 aromatic carbocycles. The first-order valence-corrected chi connectivity index (χ1v) is 10.7. The molecule has 1 saturated carbocycles. The number of hydrogen-bond acceptors (Lipinski definition) is 4. The van der Waals surface area contributed by atoms with Gasteiger partial charge in [-0.05, 0) is 31.4 Å². The molecule has 0 spiro atoms. The molecule has 7 heteroatoms. The van der Waals surface area contributed by atoms with Gasteiger partial charge in [-0.25, -0.2) is 4.79 Å². The Hall–Kier alpha value is -2.57. The van der Waals surface area contributed by atoms with Crippen LogP contribution in [0.2, 0.25) is 0 Å². The number of unbranched alkanes of at least 4 members (excludes halogenated alkanes) is 2. The molecule has 0 atom stereocenters. The first-order valence-electron chi connectivity index (χ1n) is 10.7. The third kappa shape index (κ3) is 4.71. The maximum absolute atomic E-state index is 13.2. The third-order valence-corrected chi connectivity index (χ3v) is 5.68. The monoisotopic (exact) mass is 401 g/mol. The van der Waals surface area contributed by atoms with Crippen molar-refractivity contribution in [1.29, 1.82) is 0 Å². The molecular weight excluding hydrogens is 370 g/mol. The molecule has 2 aromatic rings. The number of carbonyl (C=O) groups is 1. The number of ether oxygens (including phenoxy) is 1. The Labute approximate surface area is 170 Å². The predicted octanol–water partition coefficient (Wildman–Crippen LogP) is 2.81. The molecule has 0 unspecified atom stereocenters. The van der Waals surface area contributed by atoms with Gasteiger partial charge in [-0.15, -0.1) is 0 Å². The van der Waals surface area contributed by atoms with Crippen LogP contribution < -0.4 is 21.3 Å². The second-order valence-corrected chi connectivity index (χ2v) is 7.79. The Morgan fingerprint density at radius 1 is 1.14 bits per heavy atom. The Morgan fingerprint density at radius 3 is 2.59 bits per heavy atom. The minimum Gasteiger partial charge on any atom is -0.495 e. The van der Waals surface area contributed by atoms with Crippen molar-refractivity contribution in [2.45, 2.75) is 77.4 Å². The quantitative estimate of drug-likeness (QED) is 0.690. The second-order valence-electron chi connectivity index (χ2n) is 7.79. The van der Waals surface area contributed by atoms with Gasteiger partial charge in [-0.1, -0.05) is 45.1 Å². The molecule has 1 amide bonds. The maximum Gasteiger partial charge on any atom is 0.332 e. The topological polar surface area (TPSA) is 82.3 Å². The number of hydrogen-bond donors (Lipinski definition) is 1. The van der Waals surface area contributed by atoms with Gasteiger partial charge in [0, 0.05) is 12.6 Å². The fourth-order valence-electron chi connectivity index (χ4n) is 4.14. The molecule has 0 aliphatic heterocycles. The number of rotatable bonds is 8. The summed E-state index contributed by atoms with van der Waals surface area (Å²) >= 11 is 0. The van der Waals surface area contributed by atoms with Crippen LogP contribution in [0.1, 0.15) is 58.3 Å². The standard InChI is InChI=1S/C22H31N3O4/c1-3-4-8-14-24-20-17(12-9-13-18(20)29-2)21(27)25(22(24)28)15-19(26)23-16-10-6-5-7-11-16/h9,12-13,16H,3-8,10-11,14-15H2,1-2H3,(H,23,26). The maximum atomic E-state index is 13.2. The van der Waals surface area contributed by atoms with Crippen molar-refractivity contribution >= 4 is 16.8 Å². The lowest BCUT2D eigenvalue weighted by atomic mass is 9.95. The third-order valence-electron chi connectivity index (χ3n) is 5.68. The summed E-state index contributed by atoms with van der Waals surface area (Å²) in [5.41, 5.74) is -0.402. The normalized spacial score (nSPS) is 14.8. The van der Waals surface area contributed by atoms with Gasteiger partial charge in [0.25, 0.3) is 5.56 Å². The van der Waals surface area contributed by atoms with Gasteiger partial charge in [0.1, 0.15) is 17.8 Å². The van der Waals surface area contributed by atoms with Gasteiger partial charge < -0.3 is 10.1 Å². The average molecular weight is 402 g/mol. The van der Waals surface area contributed by atoms with Crippen molar-refractivity contribution in [3.05, 3.63) is 39.0 Å². The van der Waals surface area contributed by atoms with E-state index in [4.69, 9.17) is 4.74 Å². The van der Waals surface area contributed by atoms with E-state index >= 15 is 0 Å². The van der Waals surface area contributed by atoms with E-state index in [0.29, 0.717) is 23.2 Å². The highest BCUT2D eigenvalue weighted by atomic mass is 16.5. The summed E-state index contributed by atoms with van der Waals surface area (Å²) in [6.07, 6.45) is 8.12. The van der Waals surface area contributed by atoms with E-state index in [0.717, 1.165) is 49.5 Å². The van der Waals surface area contributed by atoms with Crippen LogP contribution in [0.15, 0.2) is 27.8 Å². The highest BCUT2D eigenvalue weighted by molar-refractivity contribution is 5.84. The first kappa shape index (κ1) is 21.1. The number of methoxy groups -OCH3 is 1. The number of benzene rings is 1. The van der Waals surface area contributed by atoms with Crippen LogP contribution in [-0.2, 0) is 17.9 Å². The van der Waals surface area contributed by atoms with Gasteiger partial charge in [0.2, 0.25) is 5.91 Å². The van der Waals surface area contributed by atoms with Crippen molar-refractivity contribution in [1.82, 2.24) is 14.5 Å². The summed E-state index contributed by atoms with van der Waals surface area (Å²) in [5, 5.41) is 3.39. The molecule has 1 aromatic heterocycles. The van der Waals surface area contributed by atoms with Gasteiger partial charge in [0.05, 0.1) is 12.5 Å². The van der Waals surface area contributed by atoms with Crippen LogP contribution in [0.25, 0.3) is 10.9 Å². The van der Waals surface area contributed by atoms with Crippen LogP contribution in [0.3, 0.4) is 0 Å². The van der Waals surface area contributed by atoms with E-state index in [2.05, 4.69) is 12.2 Å². The zero-order valence-electron chi connectivity index (χ0n) is 17.4. The molecule has 0 saturated heterocycles. The molecule has 1 fully saturated rings. The number of nitrogens with one attached hydrogen (secondary N) is 1.